The van der Waals surface area contributed by atoms with Crippen molar-refractivity contribution in [3.8, 4) is 11.3 Å². The van der Waals surface area contributed by atoms with E-state index in [4.69, 9.17) is 10.7 Å². The summed E-state index contributed by atoms with van der Waals surface area (Å²) < 4.78 is 2.20. The molecule has 0 spiro atoms. The SMILES string of the molecule is CCCC(N)C(Cc1cn(C)c2ccccc12)c1ncc(-c2ccccc2)[nH]1. The maximum atomic E-state index is 6.64. The Morgan fingerprint density at radius 1 is 1.07 bits per heavy atom. The highest BCUT2D eigenvalue weighted by Gasteiger charge is 2.24. The van der Waals surface area contributed by atoms with Crippen molar-refractivity contribution in [3.63, 3.8) is 0 Å². The van der Waals surface area contributed by atoms with E-state index < -0.39 is 0 Å². The molecule has 0 saturated heterocycles. The van der Waals surface area contributed by atoms with Gasteiger partial charge >= 0.3 is 0 Å². The van der Waals surface area contributed by atoms with Gasteiger partial charge in [-0.3, -0.25) is 0 Å². The van der Waals surface area contributed by atoms with Gasteiger partial charge in [0.05, 0.1) is 11.9 Å². The third-order valence-corrected chi connectivity index (χ3v) is 5.59. The summed E-state index contributed by atoms with van der Waals surface area (Å²) in [7, 11) is 2.10. The van der Waals surface area contributed by atoms with Gasteiger partial charge in [0.1, 0.15) is 5.82 Å². The topological polar surface area (TPSA) is 59.6 Å². The number of aryl methyl sites for hydroxylation is 1. The molecule has 0 aliphatic carbocycles. The van der Waals surface area contributed by atoms with Crippen molar-refractivity contribution in [1.82, 2.24) is 14.5 Å². The first-order chi connectivity index (χ1) is 13.7. The third-order valence-electron chi connectivity index (χ3n) is 5.59. The number of nitrogens with zero attached hydrogens (tertiary/aromatic N) is 2. The summed E-state index contributed by atoms with van der Waals surface area (Å²) in [6, 6.07) is 19.0. The van der Waals surface area contributed by atoms with Gasteiger partial charge in [0.15, 0.2) is 0 Å². The molecule has 4 nitrogen and oxygen atoms in total. The summed E-state index contributed by atoms with van der Waals surface area (Å²) in [6.07, 6.45) is 7.09. The summed E-state index contributed by atoms with van der Waals surface area (Å²) in [4.78, 5) is 8.28. The Balaban J connectivity index is 1.69. The zero-order chi connectivity index (χ0) is 19.5. The maximum absolute atomic E-state index is 6.64. The largest absolute Gasteiger partial charge is 0.350 e. The minimum atomic E-state index is 0.0683. The number of aromatic nitrogens is 3. The normalized spacial score (nSPS) is 13.7. The molecular weight excluding hydrogens is 344 g/mol. The number of para-hydroxylation sites is 1. The molecule has 0 amide bonds. The number of nitrogens with one attached hydrogen (secondary N) is 1. The highest BCUT2D eigenvalue weighted by Crippen LogP contribution is 2.30. The van der Waals surface area contributed by atoms with E-state index in [0.29, 0.717) is 0 Å². The zero-order valence-electron chi connectivity index (χ0n) is 16.6. The van der Waals surface area contributed by atoms with Gasteiger partial charge in [-0.05, 0) is 30.0 Å². The number of hydrogen-bond donors (Lipinski definition) is 2. The Morgan fingerprint density at radius 2 is 1.82 bits per heavy atom. The minimum Gasteiger partial charge on any atom is -0.350 e. The van der Waals surface area contributed by atoms with Crippen LogP contribution < -0.4 is 5.73 Å². The van der Waals surface area contributed by atoms with E-state index in [1.165, 1.54) is 16.5 Å². The van der Waals surface area contributed by atoms with E-state index in [1.807, 2.05) is 24.4 Å². The fourth-order valence-electron chi connectivity index (χ4n) is 4.10. The van der Waals surface area contributed by atoms with Crippen molar-refractivity contribution >= 4 is 10.9 Å². The van der Waals surface area contributed by atoms with Crippen molar-refractivity contribution in [2.45, 2.75) is 38.1 Å². The van der Waals surface area contributed by atoms with Crippen LogP contribution in [0.5, 0.6) is 0 Å². The lowest BCUT2D eigenvalue weighted by Gasteiger charge is -2.22. The third kappa shape index (κ3) is 3.60. The smallest absolute Gasteiger partial charge is 0.111 e. The van der Waals surface area contributed by atoms with Crippen LogP contribution in [-0.4, -0.2) is 20.6 Å². The molecule has 144 valence electrons. The minimum absolute atomic E-state index is 0.0683. The highest BCUT2D eigenvalue weighted by molar-refractivity contribution is 5.84. The van der Waals surface area contributed by atoms with Crippen LogP contribution in [0, 0.1) is 0 Å². The molecule has 0 saturated carbocycles. The molecule has 0 fully saturated rings. The Morgan fingerprint density at radius 3 is 2.61 bits per heavy atom. The zero-order valence-corrected chi connectivity index (χ0v) is 16.6. The van der Waals surface area contributed by atoms with Crippen LogP contribution in [0.2, 0.25) is 0 Å². The van der Waals surface area contributed by atoms with Crippen molar-refractivity contribution in [1.29, 1.82) is 0 Å². The van der Waals surface area contributed by atoms with Gasteiger partial charge in [-0.15, -0.1) is 0 Å². The average Bonchev–Trinajstić information content (AvgIpc) is 3.33. The summed E-state index contributed by atoms with van der Waals surface area (Å²) in [5, 5.41) is 1.30. The van der Waals surface area contributed by atoms with Crippen molar-refractivity contribution < 1.29 is 0 Å². The van der Waals surface area contributed by atoms with Gasteiger partial charge in [0.25, 0.3) is 0 Å². The fraction of sp³-hybridized carbons (Fsp3) is 0.292. The van der Waals surface area contributed by atoms with E-state index in [-0.39, 0.29) is 12.0 Å². The molecule has 0 bridgehead atoms. The molecule has 2 heterocycles. The number of nitrogens with two attached hydrogens (primary N) is 1. The van der Waals surface area contributed by atoms with Crippen LogP contribution in [0.3, 0.4) is 0 Å². The van der Waals surface area contributed by atoms with E-state index >= 15 is 0 Å². The van der Waals surface area contributed by atoms with Crippen LogP contribution in [0.1, 0.15) is 37.1 Å². The summed E-state index contributed by atoms with van der Waals surface area (Å²) in [6.45, 7) is 2.19. The number of imidazole rings is 1. The second-order valence-electron chi connectivity index (χ2n) is 7.59. The van der Waals surface area contributed by atoms with Crippen LogP contribution >= 0.6 is 0 Å². The van der Waals surface area contributed by atoms with E-state index in [1.54, 1.807) is 0 Å². The second kappa shape index (κ2) is 8.03. The Labute approximate surface area is 166 Å². The van der Waals surface area contributed by atoms with Gasteiger partial charge in [-0.2, -0.15) is 0 Å². The first-order valence-electron chi connectivity index (χ1n) is 10.1. The Kier molecular flexibility index (Phi) is 5.31. The standard InChI is InChI=1S/C24H28N4/c1-3-9-21(25)20(14-18-16-28(2)23-13-8-7-12-19(18)23)24-26-15-22(27-24)17-10-5-4-6-11-17/h4-8,10-13,15-16,20-21H,3,9,14,25H2,1-2H3,(H,26,27). The quantitative estimate of drug-likeness (QED) is 0.478. The first kappa shape index (κ1) is 18.5. The molecule has 3 N–H and O–H groups in total. The molecule has 4 heteroatoms. The lowest BCUT2D eigenvalue weighted by molar-refractivity contribution is 0.476. The molecule has 2 aromatic heterocycles. The molecule has 2 atom stereocenters. The lowest BCUT2D eigenvalue weighted by atomic mass is 9.89. The van der Waals surface area contributed by atoms with Gasteiger partial charge in [0.2, 0.25) is 0 Å². The molecule has 4 aromatic rings. The lowest BCUT2D eigenvalue weighted by Crippen LogP contribution is -2.30. The van der Waals surface area contributed by atoms with E-state index in [0.717, 1.165) is 36.3 Å². The summed E-state index contributed by atoms with van der Waals surface area (Å²) >= 11 is 0. The highest BCUT2D eigenvalue weighted by atomic mass is 14.9. The Bertz CT molecular complexity index is 1040. The number of H-pyrrole nitrogens is 1. The van der Waals surface area contributed by atoms with Crippen LogP contribution in [-0.2, 0) is 13.5 Å². The second-order valence-corrected chi connectivity index (χ2v) is 7.59. The molecule has 0 radical (unpaired) electrons. The number of fused-ring (bicyclic) bond motifs is 1. The van der Waals surface area contributed by atoms with Gasteiger partial charge in [-0.25, -0.2) is 4.98 Å². The van der Waals surface area contributed by atoms with E-state index in [2.05, 4.69) is 66.1 Å². The van der Waals surface area contributed by atoms with Crippen LogP contribution in [0.15, 0.2) is 67.0 Å². The molecule has 2 unspecified atom stereocenters. The molecule has 2 aromatic carbocycles. The molecule has 0 aliphatic rings. The Hall–Kier alpha value is -2.85. The number of hydrogen-bond acceptors (Lipinski definition) is 2. The van der Waals surface area contributed by atoms with Crippen LogP contribution in [0.25, 0.3) is 22.2 Å². The van der Waals surface area contributed by atoms with Crippen molar-refractivity contribution in [2.24, 2.45) is 12.8 Å². The molecule has 4 rings (SSSR count). The molecule has 28 heavy (non-hydrogen) atoms. The van der Waals surface area contributed by atoms with Crippen molar-refractivity contribution in [3.05, 3.63) is 78.4 Å². The predicted octanol–water partition coefficient (Wildman–Crippen LogP) is 5.02. The number of rotatable bonds is 7. The summed E-state index contributed by atoms with van der Waals surface area (Å²) in [5.74, 6) is 1.14. The average molecular weight is 373 g/mol. The fourth-order valence-corrected chi connectivity index (χ4v) is 4.10. The number of aromatic amines is 1. The monoisotopic (exact) mass is 372 g/mol. The first-order valence-corrected chi connectivity index (χ1v) is 10.1. The van der Waals surface area contributed by atoms with Gasteiger partial charge in [0, 0.05) is 36.1 Å². The summed E-state index contributed by atoms with van der Waals surface area (Å²) in [5.41, 5.74) is 11.4. The predicted molar refractivity (Wildman–Crippen MR) is 116 cm³/mol. The number of benzene rings is 2. The van der Waals surface area contributed by atoms with Crippen molar-refractivity contribution in [2.75, 3.05) is 0 Å². The maximum Gasteiger partial charge on any atom is 0.111 e. The van der Waals surface area contributed by atoms with E-state index in [9.17, 15) is 0 Å². The van der Waals surface area contributed by atoms with Gasteiger partial charge in [-0.1, -0.05) is 61.9 Å². The molecular formula is C24H28N4. The van der Waals surface area contributed by atoms with Gasteiger partial charge < -0.3 is 15.3 Å². The molecule has 0 aliphatic heterocycles. The van der Waals surface area contributed by atoms with Crippen LogP contribution in [0.4, 0.5) is 0 Å².